The monoisotopic (exact) mass is 292 g/mol. The third-order valence-corrected chi connectivity index (χ3v) is 3.94. The molecule has 2 rings (SSSR count). The van der Waals surface area contributed by atoms with Crippen molar-refractivity contribution in [1.82, 2.24) is 0 Å². The lowest BCUT2D eigenvalue weighted by atomic mass is 9.92. The standard InChI is InChI=1S/C16H20O3S/c1-5-10-18-14-13(16(2,3)19-15(14)17)11-6-8-12(20-4)9-7-11/h6-9H,5,10H2,1-4H3. The van der Waals surface area contributed by atoms with Gasteiger partial charge in [-0.15, -0.1) is 11.8 Å². The molecule has 3 nitrogen and oxygen atoms in total. The number of carbonyl (C=O) groups excluding carboxylic acids is 1. The zero-order valence-electron chi connectivity index (χ0n) is 12.4. The average Bonchev–Trinajstić information content (AvgIpc) is 2.65. The van der Waals surface area contributed by atoms with Gasteiger partial charge in [-0.05, 0) is 44.2 Å². The van der Waals surface area contributed by atoms with Crippen molar-refractivity contribution in [2.45, 2.75) is 37.7 Å². The summed E-state index contributed by atoms with van der Waals surface area (Å²) in [7, 11) is 0. The number of benzene rings is 1. The minimum atomic E-state index is -0.652. The van der Waals surface area contributed by atoms with E-state index >= 15 is 0 Å². The Balaban J connectivity index is 2.44. The predicted molar refractivity (Wildman–Crippen MR) is 81.6 cm³/mol. The topological polar surface area (TPSA) is 35.5 Å². The minimum Gasteiger partial charge on any atom is -0.486 e. The van der Waals surface area contributed by atoms with Crippen LogP contribution in [0.5, 0.6) is 0 Å². The highest BCUT2D eigenvalue weighted by Crippen LogP contribution is 2.40. The van der Waals surface area contributed by atoms with Crippen molar-refractivity contribution in [3.05, 3.63) is 35.6 Å². The van der Waals surface area contributed by atoms with E-state index in [-0.39, 0.29) is 5.97 Å². The molecule has 0 bridgehead atoms. The van der Waals surface area contributed by atoms with Crippen LogP contribution in [0.15, 0.2) is 34.9 Å². The molecular weight excluding hydrogens is 272 g/mol. The lowest BCUT2D eigenvalue weighted by Crippen LogP contribution is -2.22. The van der Waals surface area contributed by atoms with E-state index in [1.165, 1.54) is 4.90 Å². The highest BCUT2D eigenvalue weighted by Gasteiger charge is 2.42. The smallest absolute Gasteiger partial charge is 0.374 e. The molecule has 1 aliphatic rings. The molecule has 0 saturated heterocycles. The maximum Gasteiger partial charge on any atom is 0.374 e. The van der Waals surface area contributed by atoms with Gasteiger partial charge >= 0.3 is 5.97 Å². The van der Waals surface area contributed by atoms with E-state index in [1.807, 2.05) is 51.3 Å². The molecule has 1 aliphatic heterocycles. The molecule has 0 atom stereocenters. The van der Waals surface area contributed by atoms with E-state index in [1.54, 1.807) is 11.8 Å². The van der Waals surface area contributed by atoms with Crippen LogP contribution in [0.1, 0.15) is 32.8 Å². The van der Waals surface area contributed by atoms with Crippen molar-refractivity contribution < 1.29 is 14.3 Å². The van der Waals surface area contributed by atoms with E-state index < -0.39 is 5.60 Å². The number of hydrogen-bond donors (Lipinski definition) is 0. The number of carbonyl (C=O) groups is 1. The largest absolute Gasteiger partial charge is 0.486 e. The van der Waals surface area contributed by atoms with Crippen LogP contribution in [0.25, 0.3) is 5.57 Å². The lowest BCUT2D eigenvalue weighted by molar-refractivity contribution is -0.147. The number of rotatable bonds is 5. The molecule has 0 radical (unpaired) electrons. The first-order valence-electron chi connectivity index (χ1n) is 6.75. The van der Waals surface area contributed by atoms with E-state index in [0.29, 0.717) is 12.4 Å². The molecule has 108 valence electrons. The Bertz CT molecular complexity index is 529. The van der Waals surface area contributed by atoms with Gasteiger partial charge in [-0.1, -0.05) is 19.1 Å². The van der Waals surface area contributed by atoms with Crippen LogP contribution in [0, 0.1) is 0 Å². The number of esters is 1. The highest BCUT2D eigenvalue weighted by molar-refractivity contribution is 7.98. The summed E-state index contributed by atoms with van der Waals surface area (Å²) < 4.78 is 11.1. The van der Waals surface area contributed by atoms with Gasteiger partial charge in [-0.2, -0.15) is 0 Å². The van der Waals surface area contributed by atoms with Gasteiger partial charge in [0.2, 0.25) is 5.76 Å². The maximum atomic E-state index is 12.0. The van der Waals surface area contributed by atoms with Crippen LogP contribution >= 0.6 is 11.8 Å². The molecule has 0 unspecified atom stereocenters. The molecule has 1 heterocycles. The Morgan fingerprint density at radius 1 is 1.25 bits per heavy atom. The summed E-state index contributed by atoms with van der Waals surface area (Å²) in [6, 6.07) is 8.12. The molecule has 1 aromatic rings. The van der Waals surface area contributed by atoms with Gasteiger partial charge in [0.05, 0.1) is 12.2 Å². The van der Waals surface area contributed by atoms with Crippen LogP contribution in [0.3, 0.4) is 0 Å². The van der Waals surface area contributed by atoms with E-state index in [4.69, 9.17) is 9.47 Å². The lowest BCUT2D eigenvalue weighted by Gasteiger charge is -2.21. The fourth-order valence-electron chi connectivity index (χ4n) is 2.28. The normalized spacial score (nSPS) is 17.3. The summed E-state index contributed by atoms with van der Waals surface area (Å²) in [5.74, 6) is -0.0128. The Hall–Kier alpha value is -1.42. The molecule has 0 N–H and O–H groups in total. The van der Waals surface area contributed by atoms with Crippen molar-refractivity contribution >= 4 is 23.3 Å². The van der Waals surface area contributed by atoms with Gasteiger partial charge in [0.25, 0.3) is 0 Å². The van der Waals surface area contributed by atoms with Crippen molar-refractivity contribution in [2.24, 2.45) is 0 Å². The third kappa shape index (κ3) is 2.85. The molecule has 4 heteroatoms. The zero-order chi connectivity index (χ0) is 14.8. The molecular formula is C16H20O3S. The first-order valence-corrected chi connectivity index (χ1v) is 7.97. The molecule has 0 fully saturated rings. The highest BCUT2D eigenvalue weighted by atomic mass is 32.2. The average molecular weight is 292 g/mol. The first kappa shape index (κ1) is 15.0. The minimum absolute atomic E-state index is 0.355. The quantitative estimate of drug-likeness (QED) is 0.609. The zero-order valence-corrected chi connectivity index (χ0v) is 13.2. The number of ether oxygens (including phenoxy) is 2. The van der Waals surface area contributed by atoms with Crippen molar-refractivity contribution in [3.63, 3.8) is 0 Å². The van der Waals surface area contributed by atoms with Crippen LogP contribution in [0.4, 0.5) is 0 Å². The second-order valence-corrected chi connectivity index (χ2v) is 6.06. The molecule has 0 amide bonds. The summed E-state index contributed by atoms with van der Waals surface area (Å²) in [6.07, 6.45) is 2.89. The van der Waals surface area contributed by atoms with Gasteiger partial charge in [0.1, 0.15) is 5.60 Å². The Kier molecular flexibility index (Phi) is 4.43. The molecule has 0 aliphatic carbocycles. The molecule has 0 spiro atoms. The molecule has 20 heavy (non-hydrogen) atoms. The van der Waals surface area contributed by atoms with Gasteiger partial charge in [0.15, 0.2) is 0 Å². The Morgan fingerprint density at radius 3 is 2.45 bits per heavy atom. The third-order valence-electron chi connectivity index (χ3n) is 3.19. The van der Waals surface area contributed by atoms with Gasteiger partial charge in [0, 0.05) is 4.90 Å². The molecule has 1 aromatic carbocycles. The van der Waals surface area contributed by atoms with Crippen molar-refractivity contribution in [3.8, 4) is 0 Å². The summed E-state index contributed by atoms with van der Waals surface area (Å²) in [4.78, 5) is 13.2. The van der Waals surface area contributed by atoms with E-state index in [9.17, 15) is 4.79 Å². The van der Waals surface area contributed by atoms with Gasteiger partial charge in [-0.25, -0.2) is 4.79 Å². The summed E-state index contributed by atoms with van der Waals surface area (Å²) >= 11 is 1.69. The fraction of sp³-hybridized carbons (Fsp3) is 0.438. The van der Waals surface area contributed by atoms with Crippen LogP contribution in [-0.4, -0.2) is 24.4 Å². The van der Waals surface area contributed by atoms with E-state index in [0.717, 1.165) is 17.6 Å². The second kappa shape index (κ2) is 5.92. The molecule has 0 aromatic heterocycles. The van der Waals surface area contributed by atoms with Crippen molar-refractivity contribution in [2.75, 3.05) is 12.9 Å². The summed E-state index contributed by atoms with van der Waals surface area (Å²) in [5.41, 5.74) is 1.16. The van der Waals surface area contributed by atoms with Crippen LogP contribution in [0.2, 0.25) is 0 Å². The fourth-order valence-corrected chi connectivity index (χ4v) is 2.68. The van der Waals surface area contributed by atoms with Crippen LogP contribution < -0.4 is 0 Å². The Morgan fingerprint density at radius 2 is 1.90 bits per heavy atom. The summed E-state index contributed by atoms with van der Waals surface area (Å²) in [5, 5.41) is 0. The maximum absolute atomic E-state index is 12.0. The van der Waals surface area contributed by atoms with Gasteiger partial charge in [-0.3, -0.25) is 0 Å². The number of cyclic esters (lactones) is 1. The van der Waals surface area contributed by atoms with Crippen LogP contribution in [-0.2, 0) is 14.3 Å². The SMILES string of the molecule is CCCOC1=C(c2ccc(SC)cc2)C(C)(C)OC1=O. The Labute approximate surface area is 124 Å². The second-order valence-electron chi connectivity index (χ2n) is 5.18. The van der Waals surface area contributed by atoms with Gasteiger partial charge < -0.3 is 9.47 Å². The summed E-state index contributed by atoms with van der Waals surface area (Å²) in [6.45, 7) is 6.32. The van der Waals surface area contributed by atoms with Crippen molar-refractivity contribution in [1.29, 1.82) is 0 Å². The number of hydrogen-bond acceptors (Lipinski definition) is 4. The van der Waals surface area contributed by atoms with E-state index in [2.05, 4.69) is 0 Å². The predicted octanol–water partition coefficient (Wildman–Crippen LogP) is 3.88. The molecule has 0 saturated carbocycles. The number of thioether (sulfide) groups is 1. The first-order chi connectivity index (χ1) is 9.49.